The van der Waals surface area contributed by atoms with E-state index in [0.29, 0.717) is 60.1 Å². The number of rotatable bonds is 16. The third kappa shape index (κ3) is 11.8. The Bertz CT molecular complexity index is 3400. The minimum Gasteiger partial charge on any atom is -0.476 e. The van der Waals surface area contributed by atoms with Gasteiger partial charge in [0.05, 0.1) is 44.6 Å². The number of aryl methyl sites for hydroxylation is 1. The van der Waals surface area contributed by atoms with E-state index < -0.39 is 35.5 Å². The number of hydrogen-bond donors (Lipinski definition) is 5. The van der Waals surface area contributed by atoms with Crippen molar-refractivity contribution in [2.75, 3.05) is 23.3 Å². The molecule has 0 unspecified atom stereocenters. The summed E-state index contributed by atoms with van der Waals surface area (Å²) in [4.78, 5) is 87.6. The SMILES string of the molecule is Cc1ncsc1-c1ccc([C@H](C)NC(=O)[C@@H]2C[C@@H](O)CN2C(=O)[C@@H](NC(=O)CCC2(Cn3ncc(-c4ccc(N5CCc6cccc(C(=O)Nc7nc8ccccc8s7)c6C5)nc4C(=O)O)c3C)CCCCC2)C(C)(C)C)cc1. The van der Waals surface area contributed by atoms with Crippen LogP contribution in [0.25, 0.3) is 31.8 Å². The van der Waals surface area contributed by atoms with Crippen LogP contribution in [0.4, 0.5) is 10.9 Å². The molecule has 3 aliphatic rings. The second kappa shape index (κ2) is 22.8. The Morgan fingerprint density at radius 2 is 1.67 bits per heavy atom. The Balaban J connectivity index is 0.796. The summed E-state index contributed by atoms with van der Waals surface area (Å²) in [5.74, 6) is -2.01. The van der Waals surface area contributed by atoms with Gasteiger partial charge >= 0.3 is 5.97 Å². The van der Waals surface area contributed by atoms with Gasteiger partial charge in [0.2, 0.25) is 17.7 Å². The van der Waals surface area contributed by atoms with Gasteiger partial charge in [0.25, 0.3) is 5.91 Å². The number of aromatic nitrogens is 5. The Labute approximate surface area is 467 Å². The summed E-state index contributed by atoms with van der Waals surface area (Å²) in [7, 11) is 0. The lowest BCUT2D eigenvalue weighted by Gasteiger charge is -2.38. The molecular formula is C60H68N10O7S2. The molecule has 19 heteroatoms. The van der Waals surface area contributed by atoms with E-state index in [1.54, 1.807) is 29.7 Å². The van der Waals surface area contributed by atoms with Gasteiger partial charge < -0.3 is 30.6 Å². The smallest absolute Gasteiger partial charge is 0.355 e. The summed E-state index contributed by atoms with van der Waals surface area (Å²) < 4.78 is 2.90. The van der Waals surface area contributed by atoms with Crippen LogP contribution in [0.3, 0.4) is 0 Å². The molecule has 2 fully saturated rings. The number of likely N-dealkylation sites (tertiary alicyclic amines) is 1. The maximum absolute atomic E-state index is 14.6. The largest absolute Gasteiger partial charge is 0.476 e. The third-order valence-corrected chi connectivity index (χ3v) is 18.1. The number of aliphatic hydroxyl groups is 1. The number of carboxylic acids is 1. The zero-order valence-electron chi connectivity index (χ0n) is 45.5. The molecular weight excluding hydrogens is 1040 g/mol. The average Bonchev–Trinajstić information content (AvgIpc) is 4.30. The number of anilines is 2. The minimum atomic E-state index is -1.17. The molecule has 4 atom stereocenters. The fourth-order valence-electron chi connectivity index (χ4n) is 11.7. The first kappa shape index (κ1) is 55.0. The molecule has 6 heterocycles. The molecule has 79 heavy (non-hydrogen) atoms. The number of para-hydroxylation sites is 1. The van der Waals surface area contributed by atoms with Crippen molar-refractivity contribution >= 4 is 73.4 Å². The molecule has 0 bridgehead atoms. The van der Waals surface area contributed by atoms with Crippen molar-refractivity contribution in [3.63, 3.8) is 0 Å². The van der Waals surface area contributed by atoms with E-state index in [0.717, 1.165) is 80.8 Å². The van der Waals surface area contributed by atoms with Gasteiger partial charge in [0.1, 0.15) is 17.9 Å². The molecule has 412 valence electrons. The highest BCUT2D eigenvalue weighted by molar-refractivity contribution is 7.22. The van der Waals surface area contributed by atoms with Crippen LogP contribution in [0.15, 0.2) is 90.6 Å². The zero-order chi connectivity index (χ0) is 55.8. The number of carbonyl (C=O) groups is 5. The van der Waals surface area contributed by atoms with Crippen LogP contribution >= 0.6 is 22.7 Å². The maximum Gasteiger partial charge on any atom is 0.355 e. The van der Waals surface area contributed by atoms with Crippen LogP contribution in [-0.4, -0.2) is 101 Å². The Kier molecular flexibility index (Phi) is 15.9. The normalized spacial score (nSPS) is 18.0. The van der Waals surface area contributed by atoms with Crippen molar-refractivity contribution < 1.29 is 34.2 Å². The summed E-state index contributed by atoms with van der Waals surface area (Å²) >= 11 is 2.99. The van der Waals surface area contributed by atoms with Gasteiger partial charge in [-0.1, -0.05) is 99.9 Å². The monoisotopic (exact) mass is 1100 g/mol. The van der Waals surface area contributed by atoms with Crippen molar-refractivity contribution in [2.45, 2.75) is 137 Å². The molecule has 1 saturated carbocycles. The fourth-order valence-corrected chi connectivity index (χ4v) is 13.4. The van der Waals surface area contributed by atoms with Crippen molar-refractivity contribution in [3.05, 3.63) is 130 Å². The maximum atomic E-state index is 14.6. The molecule has 5 N–H and O–H groups in total. The summed E-state index contributed by atoms with van der Waals surface area (Å²) in [5, 5.41) is 36.0. The van der Waals surface area contributed by atoms with Crippen LogP contribution in [0.5, 0.6) is 0 Å². The van der Waals surface area contributed by atoms with Crippen LogP contribution in [-0.2, 0) is 33.9 Å². The average molecular weight is 1110 g/mol. The van der Waals surface area contributed by atoms with E-state index in [9.17, 15) is 34.2 Å². The van der Waals surface area contributed by atoms with Gasteiger partial charge in [-0.3, -0.25) is 29.2 Å². The molecule has 1 saturated heterocycles. The summed E-state index contributed by atoms with van der Waals surface area (Å²) in [6.07, 6.45) is 7.00. The van der Waals surface area contributed by atoms with Crippen molar-refractivity contribution in [1.29, 1.82) is 0 Å². The molecule has 17 nitrogen and oxygen atoms in total. The highest BCUT2D eigenvalue weighted by Crippen LogP contribution is 2.43. The first-order valence-corrected chi connectivity index (χ1v) is 28.9. The van der Waals surface area contributed by atoms with E-state index in [2.05, 4.69) is 25.9 Å². The predicted octanol–water partition coefficient (Wildman–Crippen LogP) is 9.91. The number of hydrogen-bond acceptors (Lipinski definition) is 13. The second-order valence-corrected chi connectivity index (χ2v) is 24.6. The predicted molar refractivity (Wildman–Crippen MR) is 307 cm³/mol. The molecule has 0 radical (unpaired) electrons. The molecule has 2 aliphatic heterocycles. The van der Waals surface area contributed by atoms with E-state index in [1.165, 1.54) is 16.2 Å². The standard InChI is InChI=1S/C60H68N10O7S2/c1-35(38-17-19-40(20-18-38)52-36(2)61-34-78-52)63-55(74)47-29-41(71)31-69(47)56(75)53(59(4,5)6)66-50(72)23-27-60(25-10-7-11-26-60)33-70-37(3)44(30-62-70)42-21-22-49(65-51(42)57(76)77)68-28-24-39-13-12-14-43(45(39)32-68)54(73)67-58-64-46-15-8-9-16-48(46)79-58/h8-9,12-22,30,34-35,41,47,53,71H,7,10-11,23-29,31-33H2,1-6H3,(H,63,74)(H,66,72)(H,76,77)(H,64,67,73)/t35-,41+,47-,53+/m0/s1. The number of pyridine rings is 1. The Morgan fingerprint density at radius 1 is 0.899 bits per heavy atom. The lowest BCUT2D eigenvalue weighted by molar-refractivity contribution is -0.144. The minimum absolute atomic E-state index is 0.0256. The lowest BCUT2D eigenvalue weighted by Crippen LogP contribution is -2.58. The fraction of sp³-hybridized carbons (Fsp3) is 0.417. The van der Waals surface area contributed by atoms with E-state index in [4.69, 9.17) is 10.1 Å². The highest BCUT2D eigenvalue weighted by Gasteiger charge is 2.45. The van der Waals surface area contributed by atoms with Gasteiger partial charge in [-0.05, 0) is 110 Å². The number of fused-ring (bicyclic) bond motifs is 2. The van der Waals surface area contributed by atoms with Gasteiger partial charge in [0.15, 0.2) is 10.8 Å². The molecule has 3 aromatic carbocycles. The van der Waals surface area contributed by atoms with Crippen molar-refractivity contribution in [3.8, 4) is 21.6 Å². The van der Waals surface area contributed by atoms with Crippen LogP contribution < -0.4 is 20.9 Å². The second-order valence-electron chi connectivity index (χ2n) is 22.7. The number of aromatic carboxylic acids is 1. The molecule has 7 aromatic rings. The van der Waals surface area contributed by atoms with Crippen LogP contribution in [0, 0.1) is 24.7 Å². The number of benzene rings is 3. The lowest BCUT2D eigenvalue weighted by atomic mass is 9.71. The van der Waals surface area contributed by atoms with Crippen molar-refractivity contribution in [2.24, 2.45) is 10.8 Å². The van der Waals surface area contributed by atoms with Gasteiger partial charge in [-0.2, -0.15) is 5.10 Å². The first-order valence-electron chi connectivity index (χ1n) is 27.2. The van der Waals surface area contributed by atoms with Gasteiger partial charge in [-0.25, -0.2) is 19.7 Å². The highest BCUT2D eigenvalue weighted by atomic mass is 32.1. The van der Waals surface area contributed by atoms with Crippen LogP contribution in [0.2, 0.25) is 0 Å². The molecule has 0 spiro atoms. The van der Waals surface area contributed by atoms with Gasteiger partial charge in [0, 0.05) is 61.4 Å². The van der Waals surface area contributed by atoms with E-state index >= 15 is 0 Å². The number of aliphatic hydroxyl groups excluding tert-OH is 1. The molecule has 10 rings (SSSR count). The number of carboxylic acid groups (broad SMARTS) is 1. The number of nitrogens with one attached hydrogen (secondary N) is 3. The summed E-state index contributed by atoms with van der Waals surface area (Å²) in [6.45, 7) is 12.9. The van der Waals surface area contributed by atoms with E-state index in [1.807, 2.05) is 123 Å². The molecule has 4 aromatic heterocycles. The van der Waals surface area contributed by atoms with Crippen molar-refractivity contribution in [1.82, 2.24) is 40.3 Å². The summed E-state index contributed by atoms with van der Waals surface area (Å²) in [6, 6.07) is 22.8. The third-order valence-electron chi connectivity index (χ3n) is 16.2. The first-order chi connectivity index (χ1) is 37.8. The number of amides is 4. The number of β-amino-alcohol motifs (C(OH)–C–C–N with tert-alkyl or cyclic N) is 1. The Hall–Kier alpha value is -7.35. The summed E-state index contributed by atoms with van der Waals surface area (Å²) in [5.41, 5.74) is 8.71. The molecule has 1 aliphatic carbocycles. The molecule has 4 amide bonds. The quantitative estimate of drug-likeness (QED) is 0.0610. The zero-order valence-corrected chi connectivity index (χ0v) is 47.2. The van der Waals surface area contributed by atoms with Gasteiger partial charge in [-0.15, -0.1) is 11.3 Å². The number of thiazole rings is 2. The topological polar surface area (TPSA) is 225 Å². The number of nitrogens with zero attached hydrogens (tertiary/aromatic N) is 7. The van der Waals surface area contributed by atoms with Crippen LogP contribution in [0.1, 0.15) is 134 Å². The van der Waals surface area contributed by atoms with E-state index in [-0.39, 0.29) is 54.3 Å². The number of carbonyl (C=O) groups excluding carboxylic acids is 4. The Morgan fingerprint density at radius 3 is 2.39 bits per heavy atom.